The van der Waals surface area contributed by atoms with E-state index in [-0.39, 0.29) is 0 Å². The molecule has 0 saturated carbocycles. The first-order valence-corrected chi connectivity index (χ1v) is 9.43. The second-order valence-corrected chi connectivity index (χ2v) is 7.04. The lowest BCUT2D eigenvalue weighted by Crippen LogP contribution is -2.15. The lowest BCUT2D eigenvalue weighted by molar-refractivity contribution is 0.817. The number of nitrogens with one attached hydrogen (secondary N) is 1. The van der Waals surface area contributed by atoms with Gasteiger partial charge in [0.1, 0.15) is 23.0 Å². The first-order valence-electron chi connectivity index (χ1n) is 8.45. The van der Waals surface area contributed by atoms with Crippen LogP contribution in [-0.4, -0.2) is 26.1 Å². The second kappa shape index (κ2) is 9.24. The molecular formula is C20H23N5S. The molecule has 1 aromatic heterocycles. The summed E-state index contributed by atoms with van der Waals surface area (Å²) >= 11 is 1.54. The maximum Gasteiger partial charge on any atom is 0.147 e. The van der Waals surface area contributed by atoms with E-state index in [0.717, 1.165) is 17.9 Å². The quantitative estimate of drug-likeness (QED) is 0.757. The molecule has 0 spiro atoms. The monoisotopic (exact) mass is 365 g/mol. The maximum atomic E-state index is 9.64. The van der Waals surface area contributed by atoms with Crippen molar-refractivity contribution in [2.24, 2.45) is 0 Å². The Morgan fingerprint density at radius 1 is 1.08 bits per heavy atom. The Morgan fingerprint density at radius 3 is 2.19 bits per heavy atom. The van der Waals surface area contributed by atoms with Crippen LogP contribution in [0.3, 0.4) is 0 Å². The Kier molecular flexibility index (Phi) is 7.03. The zero-order valence-electron chi connectivity index (χ0n) is 15.6. The molecule has 5 nitrogen and oxygen atoms in total. The highest BCUT2D eigenvalue weighted by Crippen LogP contribution is 2.32. The Labute approximate surface area is 159 Å². The van der Waals surface area contributed by atoms with E-state index in [1.807, 2.05) is 33.0 Å². The van der Waals surface area contributed by atoms with Crippen molar-refractivity contribution in [2.75, 3.05) is 26.0 Å². The third-order valence-electron chi connectivity index (χ3n) is 4.03. The number of thioether (sulfide) groups is 1. The topological polar surface area (TPSA) is 75.7 Å². The number of anilines is 1. The van der Waals surface area contributed by atoms with E-state index in [1.165, 1.54) is 22.9 Å². The standard InChI is InChI=1S/C20H23N5S/c1-5-16-17(10-21)19(25(3)4)24-20(18(16)11-22)26-13-15-8-6-14(7-9-15)12-23-2/h6-9,23H,5,12-13H2,1-4H3. The SMILES string of the molecule is CCc1c(C#N)c(SCc2ccc(CNC)cc2)nc(N(C)C)c1C#N. The third kappa shape index (κ3) is 4.35. The van der Waals surface area contributed by atoms with Crippen molar-refractivity contribution in [2.45, 2.75) is 30.7 Å². The van der Waals surface area contributed by atoms with Gasteiger partial charge in [0.05, 0.1) is 11.1 Å². The average molecular weight is 366 g/mol. The normalized spacial score (nSPS) is 10.2. The number of hydrogen-bond acceptors (Lipinski definition) is 6. The van der Waals surface area contributed by atoms with Crippen molar-refractivity contribution in [3.05, 3.63) is 52.1 Å². The molecule has 0 amide bonds. The second-order valence-electron chi connectivity index (χ2n) is 6.08. The smallest absolute Gasteiger partial charge is 0.147 e. The Balaban J connectivity index is 2.35. The molecule has 0 aliphatic carbocycles. The third-order valence-corrected chi connectivity index (χ3v) is 5.08. The van der Waals surface area contributed by atoms with Crippen LogP contribution in [-0.2, 0) is 18.7 Å². The van der Waals surface area contributed by atoms with Crippen LogP contribution < -0.4 is 10.2 Å². The van der Waals surface area contributed by atoms with Crippen LogP contribution in [0.5, 0.6) is 0 Å². The van der Waals surface area contributed by atoms with Crippen molar-refractivity contribution in [1.29, 1.82) is 10.5 Å². The van der Waals surface area contributed by atoms with Crippen molar-refractivity contribution in [3.8, 4) is 12.1 Å². The fourth-order valence-corrected chi connectivity index (χ4v) is 3.68. The molecule has 0 fully saturated rings. The highest BCUT2D eigenvalue weighted by Gasteiger charge is 2.20. The zero-order valence-corrected chi connectivity index (χ0v) is 16.4. The molecular weight excluding hydrogens is 342 g/mol. The number of benzene rings is 1. The Morgan fingerprint density at radius 2 is 1.69 bits per heavy atom. The molecule has 1 N–H and O–H groups in total. The van der Waals surface area contributed by atoms with Gasteiger partial charge >= 0.3 is 0 Å². The van der Waals surface area contributed by atoms with Crippen molar-refractivity contribution in [1.82, 2.24) is 10.3 Å². The van der Waals surface area contributed by atoms with Gasteiger partial charge in [0.15, 0.2) is 0 Å². The van der Waals surface area contributed by atoms with Gasteiger partial charge in [-0.2, -0.15) is 10.5 Å². The van der Waals surface area contributed by atoms with Crippen LogP contribution in [0, 0.1) is 22.7 Å². The molecule has 2 aromatic rings. The molecule has 6 heteroatoms. The first-order chi connectivity index (χ1) is 12.5. The van der Waals surface area contributed by atoms with Gasteiger partial charge in [-0.05, 0) is 30.2 Å². The van der Waals surface area contributed by atoms with Crippen LogP contribution in [0.4, 0.5) is 5.82 Å². The summed E-state index contributed by atoms with van der Waals surface area (Å²) < 4.78 is 0. The van der Waals surface area contributed by atoms with Gasteiger partial charge in [0.2, 0.25) is 0 Å². The van der Waals surface area contributed by atoms with Gasteiger partial charge in [-0.15, -0.1) is 11.8 Å². The minimum atomic E-state index is 0.495. The van der Waals surface area contributed by atoms with E-state index in [2.05, 4.69) is 46.7 Å². The molecule has 0 aliphatic heterocycles. The summed E-state index contributed by atoms with van der Waals surface area (Å²) in [6.07, 6.45) is 0.626. The molecule has 0 saturated heterocycles. The van der Waals surface area contributed by atoms with Gasteiger partial charge < -0.3 is 10.2 Å². The highest BCUT2D eigenvalue weighted by atomic mass is 32.2. The predicted molar refractivity (Wildman–Crippen MR) is 106 cm³/mol. The van der Waals surface area contributed by atoms with Crippen LogP contribution >= 0.6 is 11.8 Å². The van der Waals surface area contributed by atoms with Crippen LogP contribution in [0.25, 0.3) is 0 Å². The van der Waals surface area contributed by atoms with Crippen LogP contribution in [0.2, 0.25) is 0 Å². The minimum absolute atomic E-state index is 0.495. The summed E-state index contributed by atoms with van der Waals surface area (Å²) in [4.78, 5) is 6.45. The fourth-order valence-electron chi connectivity index (χ4n) is 2.72. The Bertz CT molecular complexity index is 844. The molecule has 134 valence electrons. The van der Waals surface area contributed by atoms with Crippen LogP contribution in [0.15, 0.2) is 29.3 Å². The van der Waals surface area contributed by atoms with Crippen molar-refractivity contribution in [3.63, 3.8) is 0 Å². The van der Waals surface area contributed by atoms with E-state index in [4.69, 9.17) is 0 Å². The number of rotatable bonds is 7. The van der Waals surface area contributed by atoms with Gasteiger partial charge in [0, 0.05) is 26.4 Å². The average Bonchev–Trinajstić information content (AvgIpc) is 2.65. The number of aromatic nitrogens is 1. The number of nitrogens with zero attached hydrogens (tertiary/aromatic N) is 4. The van der Waals surface area contributed by atoms with Crippen LogP contribution in [0.1, 0.15) is 34.7 Å². The van der Waals surface area contributed by atoms with Gasteiger partial charge in [0.25, 0.3) is 0 Å². The van der Waals surface area contributed by atoms with E-state index in [1.54, 1.807) is 0 Å². The highest BCUT2D eigenvalue weighted by molar-refractivity contribution is 7.98. The molecule has 1 heterocycles. The number of pyridine rings is 1. The molecule has 1 aromatic carbocycles. The van der Waals surface area contributed by atoms with E-state index in [0.29, 0.717) is 28.4 Å². The van der Waals surface area contributed by atoms with Gasteiger partial charge in [-0.3, -0.25) is 0 Å². The fraction of sp³-hybridized carbons (Fsp3) is 0.350. The molecule has 0 bridgehead atoms. The van der Waals surface area contributed by atoms with E-state index in [9.17, 15) is 10.5 Å². The maximum absolute atomic E-state index is 9.64. The molecule has 0 unspecified atom stereocenters. The van der Waals surface area contributed by atoms with Crippen molar-refractivity contribution >= 4 is 17.6 Å². The van der Waals surface area contributed by atoms with E-state index < -0.39 is 0 Å². The first kappa shape index (κ1) is 19.8. The molecule has 2 rings (SSSR count). The predicted octanol–water partition coefficient (Wildman–Crippen LogP) is 3.47. The largest absolute Gasteiger partial charge is 0.362 e. The summed E-state index contributed by atoms with van der Waals surface area (Å²) in [7, 11) is 5.66. The Hall–Kier alpha value is -2.54. The molecule has 26 heavy (non-hydrogen) atoms. The lowest BCUT2D eigenvalue weighted by Gasteiger charge is -2.18. The zero-order chi connectivity index (χ0) is 19.1. The molecule has 0 aliphatic rings. The summed E-state index contributed by atoms with van der Waals surface area (Å²) in [5, 5.41) is 23.0. The summed E-state index contributed by atoms with van der Waals surface area (Å²) in [5.41, 5.74) is 4.20. The van der Waals surface area contributed by atoms with Gasteiger partial charge in [-0.25, -0.2) is 4.98 Å². The summed E-state index contributed by atoms with van der Waals surface area (Å²) in [6.45, 7) is 2.81. The minimum Gasteiger partial charge on any atom is -0.362 e. The van der Waals surface area contributed by atoms with E-state index >= 15 is 0 Å². The number of hydrogen-bond donors (Lipinski definition) is 1. The number of nitriles is 2. The lowest BCUT2D eigenvalue weighted by atomic mass is 10.0. The summed E-state index contributed by atoms with van der Waals surface area (Å²) in [5.74, 6) is 1.35. The molecule has 0 radical (unpaired) electrons. The summed E-state index contributed by atoms with van der Waals surface area (Å²) in [6, 6.07) is 12.9. The molecule has 0 atom stereocenters. The van der Waals surface area contributed by atoms with Gasteiger partial charge in [-0.1, -0.05) is 31.2 Å². The van der Waals surface area contributed by atoms with Crippen molar-refractivity contribution < 1.29 is 0 Å².